The molecule has 1 aromatic rings. The topological polar surface area (TPSA) is 41.3 Å². The van der Waals surface area contributed by atoms with Gasteiger partial charge in [0.05, 0.1) is 0 Å². The van der Waals surface area contributed by atoms with Crippen LogP contribution >= 0.6 is 0 Å². The van der Waals surface area contributed by atoms with Crippen LogP contribution in [-0.4, -0.2) is 37.1 Å². The molecule has 5 heteroatoms. The van der Waals surface area contributed by atoms with Gasteiger partial charge in [-0.25, -0.2) is 8.78 Å². The quantitative estimate of drug-likeness (QED) is 0.818. The number of nitrogens with two attached hydrogens (primary N) is 1. The molecule has 1 aliphatic rings. The Bertz CT molecular complexity index is 384. The van der Waals surface area contributed by atoms with E-state index in [-0.39, 0.29) is 6.04 Å². The summed E-state index contributed by atoms with van der Waals surface area (Å²) in [5.41, 5.74) is 6.19. The van der Waals surface area contributed by atoms with Crippen LogP contribution in [0.1, 0.15) is 5.56 Å². The van der Waals surface area contributed by atoms with Crippen LogP contribution < -0.4 is 11.1 Å². The maximum absolute atomic E-state index is 13.5. The zero-order valence-corrected chi connectivity index (χ0v) is 9.63. The van der Waals surface area contributed by atoms with Gasteiger partial charge in [-0.1, -0.05) is 6.07 Å². The van der Waals surface area contributed by atoms with Crippen molar-refractivity contribution < 1.29 is 8.78 Å². The number of rotatable bonds is 3. The van der Waals surface area contributed by atoms with Gasteiger partial charge >= 0.3 is 0 Å². The molecule has 0 spiro atoms. The molecule has 0 bridgehead atoms. The van der Waals surface area contributed by atoms with Crippen molar-refractivity contribution in [3.05, 3.63) is 35.4 Å². The molecule has 1 aliphatic heterocycles. The summed E-state index contributed by atoms with van der Waals surface area (Å²) in [5.74, 6) is -1.03. The van der Waals surface area contributed by atoms with E-state index in [2.05, 4.69) is 10.2 Å². The summed E-state index contributed by atoms with van der Waals surface area (Å²) >= 11 is 0. The first-order valence-corrected chi connectivity index (χ1v) is 5.79. The molecule has 1 fully saturated rings. The number of hydrogen-bond donors (Lipinski definition) is 2. The number of nitrogens with zero attached hydrogens (tertiary/aromatic N) is 1. The highest BCUT2D eigenvalue weighted by molar-refractivity contribution is 5.18. The van der Waals surface area contributed by atoms with Crippen LogP contribution in [0.2, 0.25) is 0 Å². The van der Waals surface area contributed by atoms with Gasteiger partial charge in [0, 0.05) is 50.4 Å². The summed E-state index contributed by atoms with van der Waals surface area (Å²) in [4.78, 5) is 2.13. The van der Waals surface area contributed by atoms with Crippen LogP contribution in [0.5, 0.6) is 0 Å². The zero-order valence-electron chi connectivity index (χ0n) is 9.63. The van der Waals surface area contributed by atoms with E-state index in [9.17, 15) is 8.78 Å². The van der Waals surface area contributed by atoms with Crippen LogP contribution in [0.4, 0.5) is 8.78 Å². The van der Waals surface area contributed by atoms with Crippen LogP contribution in [0, 0.1) is 11.6 Å². The molecule has 3 nitrogen and oxygen atoms in total. The predicted molar refractivity (Wildman–Crippen MR) is 62.5 cm³/mol. The molecular weight excluding hydrogens is 224 g/mol. The van der Waals surface area contributed by atoms with Crippen molar-refractivity contribution in [1.29, 1.82) is 0 Å². The lowest BCUT2D eigenvalue weighted by atomic mass is 10.1. The summed E-state index contributed by atoms with van der Waals surface area (Å²) in [6, 6.07) is 3.93. The highest BCUT2D eigenvalue weighted by Gasteiger charge is 2.21. The molecule has 1 saturated heterocycles. The first-order valence-electron chi connectivity index (χ1n) is 5.79. The Kier molecular flexibility index (Phi) is 4.04. The number of hydrogen-bond acceptors (Lipinski definition) is 3. The van der Waals surface area contributed by atoms with E-state index in [1.165, 1.54) is 12.1 Å². The summed E-state index contributed by atoms with van der Waals surface area (Å²) < 4.78 is 26.3. The molecule has 2 rings (SSSR count). The van der Waals surface area contributed by atoms with E-state index in [4.69, 9.17) is 5.73 Å². The fourth-order valence-corrected chi connectivity index (χ4v) is 2.11. The van der Waals surface area contributed by atoms with Crippen LogP contribution in [-0.2, 0) is 6.54 Å². The van der Waals surface area contributed by atoms with E-state index in [1.807, 2.05) is 0 Å². The molecule has 1 atom stereocenters. The normalized spacial score (nSPS) is 21.7. The van der Waals surface area contributed by atoms with E-state index >= 15 is 0 Å². The second kappa shape index (κ2) is 5.53. The first kappa shape index (κ1) is 12.4. The van der Waals surface area contributed by atoms with E-state index < -0.39 is 11.6 Å². The Morgan fingerprint density at radius 2 is 2.24 bits per heavy atom. The van der Waals surface area contributed by atoms with Crippen molar-refractivity contribution in [2.75, 3.05) is 26.2 Å². The minimum Gasteiger partial charge on any atom is -0.329 e. The molecule has 1 heterocycles. The highest BCUT2D eigenvalue weighted by atomic mass is 19.1. The third-order valence-electron chi connectivity index (χ3n) is 3.13. The van der Waals surface area contributed by atoms with Gasteiger partial charge in [-0.2, -0.15) is 0 Å². The zero-order chi connectivity index (χ0) is 12.3. The lowest BCUT2D eigenvalue weighted by molar-refractivity contribution is 0.156. The van der Waals surface area contributed by atoms with Crippen LogP contribution in [0.15, 0.2) is 18.2 Å². The molecule has 0 aliphatic carbocycles. The summed E-state index contributed by atoms with van der Waals surface area (Å²) in [5, 5.41) is 3.25. The van der Waals surface area contributed by atoms with Crippen molar-refractivity contribution in [3.8, 4) is 0 Å². The van der Waals surface area contributed by atoms with Gasteiger partial charge in [-0.3, -0.25) is 4.90 Å². The molecule has 1 aromatic carbocycles. The van der Waals surface area contributed by atoms with Gasteiger partial charge < -0.3 is 11.1 Å². The lowest BCUT2D eigenvalue weighted by Gasteiger charge is -2.35. The standard InChI is InChI=1S/C12H17F2N3/c13-10-2-1-9(12(14)5-10)8-17-4-3-16-7-11(17)6-15/h1-2,5,11,16H,3-4,6-8,15H2. The molecule has 0 radical (unpaired) electrons. The van der Waals surface area contributed by atoms with Crippen molar-refractivity contribution in [2.24, 2.45) is 5.73 Å². The molecule has 0 saturated carbocycles. The highest BCUT2D eigenvalue weighted by Crippen LogP contribution is 2.14. The van der Waals surface area contributed by atoms with Crippen molar-refractivity contribution >= 4 is 0 Å². The van der Waals surface area contributed by atoms with E-state index in [0.717, 1.165) is 25.7 Å². The summed E-state index contributed by atoms with van der Waals surface area (Å²) in [6.45, 7) is 3.54. The fourth-order valence-electron chi connectivity index (χ4n) is 2.11. The van der Waals surface area contributed by atoms with Gasteiger partial charge in [0.15, 0.2) is 0 Å². The van der Waals surface area contributed by atoms with Crippen molar-refractivity contribution in [3.63, 3.8) is 0 Å². The Morgan fingerprint density at radius 3 is 2.94 bits per heavy atom. The third-order valence-corrected chi connectivity index (χ3v) is 3.13. The van der Waals surface area contributed by atoms with Crippen LogP contribution in [0.3, 0.4) is 0 Å². The molecule has 0 aromatic heterocycles. The number of piperazine rings is 1. The summed E-state index contributed by atoms with van der Waals surface area (Å²) in [7, 11) is 0. The molecular formula is C12H17F2N3. The number of nitrogens with one attached hydrogen (secondary N) is 1. The monoisotopic (exact) mass is 241 g/mol. The molecule has 0 amide bonds. The Labute approximate surface area is 99.6 Å². The molecule has 1 unspecified atom stereocenters. The van der Waals surface area contributed by atoms with Gasteiger partial charge in [0.25, 0.3) is 0 Å². The number of benzene rings is 1. The van der Waals surface area contributed by atoms with E-state index in [1.54, 1.807) is 0 Å². The minimum absolute atomic E-state index is 0.216. The molecule has 94 valence electrons. The molecule has 3 N–H and O–H groups in total. The first-order chi connectivity index (χ1) is 8.20. The van der Waals surface area contributed by atoms with E-state index in [0.29, 0.717) is 18.7 Å². The Hall–Kier alpha value is -1.04. The maximum atomic E-state index is 13.5. The minimum atomic E-state index is -0.540. The SMILES string of the molecule is NCC1CNCCN1Cc1ccc(F)cc1F. The average molecular weight is 241 g/mol. The van der Waals surface area contributed by atoms with Crippen molar-refractivity contribution in [2.45, 2.75) is 12.6 Å². The summed E-state index contributed by atoms with van der Waals surface area (Å²) in [6.07, 6.45) is 0. The van der Waals surface area contributed by atoms with Gasteiger partial charge in [0.2, 0.25) is 0 Å². The fraction of sp³-hybridized carbons (Fsp3) is 0.500. The predicted octanol–water partition coefficient (Wildman–Crippen LogP) is 0.697. The largest absolute Gasteiger partial charge is 0.329 e. The second-order valence-corrected chi connectivity index (χ2v) is 4.30. The van der Waals surface area contributed by atoms with Gasteiger partial charge in [-0.05, 0) is 6.07 Å². The third kappa shape index (κ3) is 3.00. The van der Waals surface area contributed by atoms with Crippen LogP contribution in [0.25, 0.3) is 0 Å². The van der Waals surface area contributed by atoms with Gasteiger partial charge in [-0.15, -0.1) is 0 Å². The average Bonchev–Trinajstić information content (AvgIpc) is 2.33. The number of halogens is 2. The van der Waals surface area contributed by atoms with Gasteiger partial charge in [0.1, 0.15) is 11.6 Å². The second-order valence-electron chi connectivity index (χ2n) is 4.30. The lowest BCUT2D eigenvalue weighted by Crippen LogP contribution is -2.53. The van der Waals surface area contributed by atoms with Crippen molar-refractivity contribution in [1.82, 2.24) is 10.2 Å². The smallest absolute Gasteiger partial charge is 0.130 e. The Balaban J connectivity index is 2.08. The maximum Gasteiger partial charge on any atom is 0.130 e. The Morgan fingerprint density at radius 1 is 1.41 bits per heavy atom. The molecule has 17 heavy (non-hydrogen) atoms.